The number of hydrogen-bond acceptors (Lipinski definition) is 6. The van der Waals surface area contributed by atoms with Gasteiger partial charge in [0, 0.05) is 0 Å². The molecule has 0 bridgehead atoms. The van der Waals surface area contributed by atoms with Crippen LogP contribution in [0.4, 0.5) is 11.8 Å². The second kappa shape index (κ2) is 7.32. The molecule has 1 fully saturated rings. The quantitative estimate of drug-likeness (QED) is 0.236. The maximum absolute atomic E-state index is 6.32. The van der Waals surface area contributed by atoms with Crippen LogP contribution >= 0.6 is 20.1 Å². The second-order valence-electron chi connectivity index (χ2n) is 6.57. The van der Waals surface area contributed by atoms with Crippen molar-refractivity contribution in [1.82, 2.24) is 15.0 Å². The molecule has 0 amide bonds. The molecule has 5 N–H and O–H groups in total. The number of pyridine rings is 1. The fourth-order valence-corrected chi connectivity index (χ4v) is 8.09. The average Bonchev–Trinajstić information content (AvgIpc) is 2.64. The zero-order valence-corrected chi connectivity index (χ0v) is 16.9. The van der Waals surface area contributed by atoms with E-state index in [2.05, 4.69) is 38.6 Å². The molecule has 4 rings (SSSR count). The number of nitrogens with two attached hydrogens (primary N) is 2. The van der Waals surface area contributed by atoms with Crippen molar-refractivity contribution in [2.75, 3.05) is 13.7 Å². The van der Waals surface area contributed by atoms with Crippen LogP contribution in [0.25, 0.3) is 22.0 Å². The first kappa shape index (κ1) is 17.4. The molecule has 0 spiro atoms. The predicted molar refractivity (Wildman–Crippen MR) is 116 cm³/mol. The van der Waals surface area contributed by atoms with Crippen molar-refractivity contribution in [1.29, 1.82) is 0 Å². The number of nitrogens with zero attached hydrogens (tertiary/aromatic N) is 3. The van der Waals surface area contributed by atoms with E-state index in [1.54, 1.807) is 12.4 Å². The third kappa shape index (κ3) is 3.45. The Morgan fingerprint density at radius 3 is 2.88 bits per heavy atom. The Hall–Kier alpha value is -2.00. The summed E-state index contributed by atoms with van der Waals surface area (Å²) in [4.78, 5) is 13.6. The monoisotopic (exact) mass is 462 g/mol. The van der Waals surface area contributed by atoms with Crippen LogP contribution in [0.2, 0.25) is 0 Å². The molecule has 2 aromatic heterocycles. The fourth-order valence-electron chi connectivity index (χ4n) is 3.18. The molecule has 1 aliphatic rings. The normalized spacial score (nSPS) is 18.8. The van der Waals surface area contributed by atoms with Crippen molar-refractivity contribution in [3.8, 4) is 11.1 Å². The van der Waals surface area contributed by atoms with E-state index in [4.69, 9.17) is 16.5 Å². The van der Waals surface area contributed by atoms with Crippen LogP contribution in [0.15, 0.2) is 36.7 Å². The molecule has 0 saturated carbocycles. The van der Waals surface area contributed by atoms with E-state index in [9.17, 15) is 0 Å². The van der Waals surface area contributed by atoms with E-state index in [-0.39, 0.29) is 0 Å². The SMILES string of the molecule is Cc1cccc(-c2cnc(N)c3cnc(NI4CCCC[C@H]4N)nc23)c1. The van der Waals surface area contributed by atoms with Gasteiger partial charge in [-0.3, -0.25) is 0 Å². The van der Waals surface area contributed by atoms with Gasteiger partial charge in [-0.25, -0.2) is 0 Å². The molecule has 7 heteroatoms. The Bertz CT molecular complexity index is 944. The molecule has 1 atom stereocenters. The summed E-state index contributed by atoms with van der Waals surface area (Å²) in [5, 5.41) is 0.784. The van der Waals surface area contributed by atoms with E-state index in [1.165, 1.54) is 22.8 Å². The first-order chi connectivity index (χ1) is 12.6. The molecule has 1 aromatic carbocycles. The zero-order valence-electron chi connectivity index (χ0n) is 14.7. The van der Waals surface area contributed by atoms with Gasteiger partial charge in [0.1, 0.15) is 0 Å². The number of fused-ring (bicyclic) bond motifs is 1. The molecule has 3 aromatic rings. The Morgan fingerprint density at radius 1 is 1.19 bits per heavy atom. The number of hydrogen-bond donors (Lipinski definition) is 3. The fraction of sp³-hybridized carbons (Fsp3) is 0.316. The molecule has 0 unspecified atom stereocenters. The van der Waals surface area contributed by atoms with Gasteiger partial charge in [0.05, 0.1) is 0 Å². The molecule has 136 valence electrons. The molecular weight excluding hydrogens is 439 g/mol. The molecule has 6 nitrogen and oxygen atoms in total. The third-order valence-corrected chi connectivity index (χ3v) is 10.2. The topological polar surface area (TPSA) is 103 Å². The second-order valence-corrected chi connectivity index (χ2v) is 12.1. The van der Waals surface area contributed by atoms with E-state index in [0.717, 1.165) is 28.5 Å². The standard InChI is InChI=1S/C19H23IN6/c1-12-5-4-6-13(9-12)14-10-23-18(22)15-11-24-19(25-17(14)15)26-20-8-3-2-7-16(20)21/h4-6,9-11,16H,2-3,7-8,21H2,1H3,(H2,22,23)(H,24,25,26)/t16-/m1/s1. The minimum atomic E-state index is -1.47. The van der Waals surface area contributed by atoms with E-state index < -0.39 is 20.1 Å². The first-order valence-corrected chi connectivity index (χ1v) is 12.6. The number of aromatic nitrogens is 3. The van der Waals surface area contributed by atoms with Gasteiger partial charge >= 0.3 is 161 Å². The molecular formula is C19H23IN6. The summed E-state index contributed by atoms with van der Waals surface area (Å²) in [5.41, 5.74) is 16.5. The Kier molecular flexibility index (Phi) is 4.90. The van der Waals surface area contributed by atoms with Gasteiger partial charge in [-0.05, 0) is 0 Å². The van der Waals surface area contributed by atoms with Crippen LogP contribution in [0.5, 0.6) is 0 Å². The van der Waals surface area contributed by atoms with Crippen molar-refractivity contribution in [3.05, 3.63) is 42.2 Å². The van der Waals surface area contributed by atoms with Crippen LogP contribution in [0.3, 0.4) is 0 Å². The molecule has 0 radical (unpaired) electrons. The Labute approximate surface area is 160 Å². The summed E-state index contributed by atoms with van der Waals surface area (Å²) in [6, 6.07) is 8.33. The molecule has 1 aliphatic heterocycles. The Morgan fingerprint density at radius 2 is 2.08 bits per heavy atom. The number of aryl methyl sites for hydroxylation is 1. The summed E-state index contributed by atoms with van der Waals surface area (Å²) in [5.74, 6) is 1.12. The van der Waals surface area contributed by atoms with Gasteiger partial charge in [-0.15, -0.1) is 0 Å². The summed E-state index contributed by atoms with van der Waals surface area (Å²) in [6.45, 7) is 2.08. The third-order valence-electron chi connectivity index (χ3n) is 4.59. The van der Waals surface area contributed by atoms with Crippen LogP contribution in [0.1, 0.15) is 24.8 Å². The number of anilines is 2. The minimum absolute atomic E-state index is 0.297. The number of rotatable bonds is 3. The van der Waals surface area contributed by atoms with Crippen molar-refractivity contribution < 1.29 is 0 Å². The number of nitrogen functional groups attached to an aromatic ring is 1. The van der Waals surface area contributed by atoms with Gasteiger partial charge in [0.2, 0.25) is 0 Å². The molecule has 0 aliphatic carbocycles. The van der Waals surface area contributed by atoms with Gasteiger partial charge < -0.3 is 0 Å². The number of benzene rings is 1. The molecule has 1 saturated heterocycles. The average molecular weight is 462 g/mol. The summed E-state index contributed by atoms with van der Waals surface area (Å²) >= 11 is -1.47. The van der Waals surface area contributed by atoms with E-state index in [1.807, 2.05) is 6.07 Å². The van der Waals surface area contributed by atoms with Crippen molar-refractivity contribution in [2.45, 2.75) is 30.2 Å². The summed E-state index contributed by atoms with van der Waals surface area (Å²) in [7, 11) is 0. The van der Waals surface area contributed by atoms with Crippen LogP contribution < -0.4 is 15.0 Å². The maximum atomic E-state index is 6.32. The van der Waals surface area contributed by atoms with Gasteiger partial charge in [0.15, 0.2) is 0 Å². The van der Waals surface area contributed by atoms with Crippen molar-refractivity contribution >= 4 is 42.8 Å². The van der Waals surface area contributed by atoms with E-state index in [0.29, 0.717) is 15.8 Å². The van der Waals surface area contributed by atoms with Gasteiger partial charge in [0.25, 0.3) is 0 Å². The number of alkyl halides is 2. The van der Waals surface area contributed by atoms with Crippen LogP contribution in [-0.4, -0.2) is 23.4 Å². The zero-order chi connectivity index (χ0) is 18.1. The molecule has 26 heavy (non-hydrogen) atoms. The van der Waals surface area contributed by atoms with Crippen LogP contribution in [-0.2, 0) is 0 Å². The molecule has 3 heterocycles. The van der Waals surface area contributed by atoms with Crippen molar-refractivity contribution in [3.63, 3.8) is 0 Å². The Balaban J connectivity index is 1.77. The van der Waals surface area contributed by atoms with Crippen LogP contribution in [0, 0.1) is 6.92 Å². The number of nitrogens with one attached hydrogen (secondary N) is 1. The van der Waals surface area contributed by atoms with E-state index >= 15 is 0 Å². The van der Waals surface area contributed by atoms with Gasteiger partial charge in [-0.2, -0.15) is 0 Å². The number of halogens is 1. The first-order valence-electron chi connectivity index (χ1n) is 8.76. The van der Waals surface area contributed by atoms with Crippen molar-refractivity contribution in [2.24, 2.45) is 5.73 Å². The summed E-state index contributed by atoms with van der Waals surface area (Å²) < 4.78 is 5.08. The predicted octanol–water partition coefficient (Wildman–Crippen LogP) is 3.88. The summed E-state index contributed by atoms with van der Waals surface area (Å²) in [6.07, 6.45) is 7.17. The van der Waals surface area contributed by atoms with Gasteiger partial charge in [-0.1, -0.05) is 0 Å².